The Hall–Kier alpha value is -1.34. The average Bonchev–Trinajstić information content (AvgIpc) is 2.54. The molecule has 7 heteroatoms. The molecule has 24 heavy (non-hydrogen) atoms. The molecule has 1 aliphatic heterocycles. The number of nitrogens with one attached hydrogen (secondary N) is 1. The van der Waals surface area contributed by atoms with Gasteiger partial charge in [0.05, 0.1) is 12.0 Å². The molecule has 0 saturated carbocycles. The SMILES string of the molecule is CCc1c(C)nc2n(c1=O)CC(C(=O)NCCCOC(C)C)CS2. The summed E-state index contributed by atoms with van der Waals surface area (Å²) in [6, 6.07) is 0. The Labute approximate surface area is 147 Å². The van der Waals surface area contributed by atoms with E-state index in [1.54, 1.807) is 4.57 Å². The monoisotopic (exact) mass is 353 g/mol. The molecule has 0 spiro atoms. The van der Waals surface area contributed by atoms with Crippen molar-refractivity contribution in [1.29, 1.82) is 0 Å². The lowest BCUT2D eigenvalue weighted by Crippen LogP contribution is -2.41. The summed E-state index contributed by atoms with van der Waals surface area (Å²) in [4.78, 5) is 29.4. The van der Waals surface area contributed by atoms with E-state index in [0.29, 0.717) is 31.9 Å². The largest absolute Gasteiger partial charge is 0.379 e. The minimum atomic E-state index is -0.194. The van der Waals surface area contributed by atoms with Gasteiger partial charge < -0.3 is 10.1 Å². The van der Waals surface area contributed by atoms with Gasteiger partial charge in [-0.25, -0.2) is 4.98 Å². The van der Waals surface area contributed by atoms with Gasteiger partial charge in [-0.05, 0) is 33.6 Å². The van der Waals surface area contributed by atoms with Gasteiger partial charge in [0.2, 0.25) is 5.91 Å². The van der Waals surface area contributed by atoms with Crippen molar-refractivity contribution in [2.45, 2.75) is 58.3 Å². The lowest BCUT2D eigenvalue weighted by Gasteiger charge is -2.25. The molecule has 134 valence electrons. The zero-order chi connectivity index (χ0) is 17.7. The van der Waals surface area contributed by atoms with E-state index in [-0.39, 0.29) is 23.5 Å². The maximum Gasteiger partial charge on any atom is 0.257 e. The molecular formula is C17H27N3O3S. The third-order valence-electron chi connectivity index (χ3n) is 4.05. The number of carbonyl (C=O) groups excluding carboxylic acids is 1. The highest BCUT2D eigenvalue weighted by Crippen LogP contribution is 2.25. The highest BCUT2D eigenvalue weighted by atomic mass is 32.2. The molecule has 0 bridgehead atoms. The van der Waals surface area contributed by atoms with E-state index >= 15 is 0 Å². The molecule has 1 aliphatic rings. The summed E-state index contributed by atoms with van der Waals surface area (Å²) in [6.45, 7) is 9.47. The number of fused-ring (bicyclic) bond motifs is 1. The number of rotatable bonds is 7. The van der Waals surface area contributed by atoms with Gasteiger partial charge in [-0.15, -0.1) is 0 Å². The first-order chi connectivity index (χ1) is 11.4. The van der Waals surface area contributed by atoms with E-state index < -0.39 is 0 Å². The summed E-state index contributed by atoms with van der Waals surface area (Å²) in [5, 5.41) is 3.67. The van der Waals surface area contributed by atoms with Crippen LogP contribution in [-0.2, 0) is 22.5 Å². The second-order valence-corrected chi connectivity index (χ2v) is 7.29. The van der Waals surface area contributed by atoms with Crippen LogP contribution in [0.5, 0.6) is 0 Å². The van der Waals surface area contributed by atoms with E-state index in [2.05, 4.69) is 10.3 Å². The van der Waals surface area contributed by atoms with Crippen molar-refractivity contribution < 1.29 is 9.53 Å². The van der Waals surface area contributed by atoms with Crippen LogP contribution < -0.4 is 10.9 Å². The maximum absolute atomic E-state index is 12.6. The van der Waals surface area contributed by atoms with Crippen molar-refractivity contribution in [2.24, 2.45) is 5.92 Å². The Kier molecular flexibility index (Phi) is 6.86. The number of amides is 1. The van der Waals surface area contributed by atoms with Crippen molar-refractivity contribution in [3.8, 4) is 0 Å². The Morgan fingerprint density at radius 2 is 2.25 bits per heavy atom. The first-order valence-corrected chi connectivity index (χ1v) is 9.55. The smallest absolute Gasteiger partial charge is 0.257 e. The van der Waals surface area contributed by atoms with Gasteiger partial charge in [0.1, 0.15) is 0 Å². The molecule has 0 radical (unpaired) electrons. The fraction of sp³-hybridized carbons (Fsp3) is 0.706. The molecule has 0 saturated heterocycles. The van der Waals surface area contributed by atoms with E-state index in [1.807, 2.05) is 27.7 Å². The van der Waals surface area contributed by atoms with Crippen molar-refractivity contribution in [3.05, 3.63) is 21.6 Å². The number of carbonyl (C=O) groups is 1. The summed E-state index contributed by atoms with van der Waals surface area (Å²) < 4.78 is 7.12. The molecule has 0 fully saturated rings. The first-order valence-electron chi connectivity index (χ1n) is 8.56. The number of hydrogen-bond donors (Lipinski definition) is 1. The van der Waals surface area contributed by atoms with Crippen LogP contribution in [0, 0.1) is 12.8 Å². The fourth-order valence-electron chi connectivity index (χ4n) is 2.71. The van der Waals surface area contributed by atoms with Crippen LogP contribution in [0.1, 0.15) is 38.4 Å². The number of thioether (sulfide) groups is 1. The van der Waals surface area contributed by atoms with E-state index in [1.165, 1.54) is 11.8 Å². The molecule has 1 atom stereocenters. The van der Waals surface area contributed by atoms with Gasteiger partial charge in [0.25, 0.3) is 5.56 Å². The van der Waals surface area contributed by atoms with Gasteiger partial charge in [-0.1, -0.05) is 18.7 Å². The van der Waals surface area contributed by atoms with Crippen molar-refractivity contribution in [1.82, 2.24) is 14.9 Å². The minimum absolute atomic E-state index is 0.00298. The lowest BCUT2D eigenvalue weighted by atomic mass is 10.1. The van der Waals surface area contributed by atoms with E-state index in [4.69, 9.17) is 4.74 Å². The lowest BCUT2D eigenvalue weighted by molar-refractivity contribution is -0.124. The quantitative estimate of drug-likeness (QED) is 0.597. The van der Waals surface area contributed by atoms with Crippen LogP contribution in [0.2, 0.25) is 0 Å². The maximum atomic E-state index is 12.6. The molecule has 2 rings (SSSR count). The molecular weight excluding hydrogens is 326 g/mol. The van der Waals surface area contributed by atoms with E-state index in [9.17, 15) is 9.59 Å². The molecule has 6 nitrogen and oxygen atoms in total. The van der Waals surface area contributed by atoms with Crippen LogP contribution in [0.4, 0.5) is 0 Å². The Morgan fingerprint density at radius 3 is 2.92 bits per heavy atom. The van der Waals surface area contributed by atoms with Crippen LogP contribution >= 0.6 is 11.8 Å². The summed E-state index contributed by atoms with van der Waals surface area (Å²) in [5.74, 6) is 0.467. The number of ether oxygens (including phenoxy) is 1. The number of nitrogens with zero attached hydrogens (tertiary/aromatic N) is 2. The van der Waals surface area contributed by atoms with Gasteiger partial charge in [-0.3, -0.25) is 14.2 Å². The molecule has 1 unspecified atom stereocenters. The Bertz CT molecular complexity index is 643. The van der Waals surface area contributed by atoms with Crippen LogP contribution in [0.25, 0.3) is 0 Å². The molecule has 0 aliphatic carbocycles. The number of aromatic nitrogens is 2. The molecule has 1 amide bonds. The predicted octanol–water partition coefficient (Wildman–Crippen LogP) is 1.77. The summed E-state index contributed by atoms with van der Waals surface area (Å²) in [5.41, 5.74) is 1.54. The van der Waals surface area contributed by atoms with Crippen molar-refractivity contribution in [2.75, 3.05) is 18.9 Å². The van der Waals surface area contributed by atoms with Gasteiger partial charge >= 0.3 is 0 Å². The Balaban J connectivity index is 1.94. The highest BCUT2D eigenvalue weighted by molar-refractivity contribution is 7.99. The molecule has 1 N–H and O–H groups in total. The Morgan fingerprint density at radius 1 is 1.50 bits per heavy atom. The number of hydrogen-bond acceptors (Lipinski definition) is 5. The highest BCUT2D eigenvalue weighted by Gasteiger charge is 2.27. The third kappa shape index (κ3) is 4.60. The molecule has 1 aromatic heterocycles. The third-order valence-corrected chi connectivity index (χ3v) is 5.19. The number of aryl methyl sites for hydroxylation is 1. The summed E-state index contributed by atoms with van der Waals surface area (Å²) in [6.07, 6.45) is 1.67. The predicted molar refractivity (Wildman–Crippen MR) is 95.5 cm³/mol. The molecule has 2 heterocycles. The van der Waals surface area contributed by atoms with Gasteiger partial charge in [0.15, 0.2) is 5.16 Å². The van der Waals surface area contributed by atoms with Crippen molar-refractivity contribution >= 4 is 17.7 Å². The first kappa shape index (κ1) is 19.0. The van der Waals surface area contributed by atoms with Crippen LogP contribution in [0.15, 0.2) is 9.95 Å². The average molecular weight is 353 g/mol. The summed E-state index contributed by atoms with van der Waals surface area (Å²) in [7, 11) is 0. The zero-order valence-electron chi connectivity index (χ0n) is 14.9. The summed E-state index contributed by atoms with van der Waals surface area (Å²) >= 11 is 1.49. The molecule has 0 aromatic carbocycles. The van der Waals surface area contributed by atoms with Crippen LogP contribution in [-0.4, -0.2) is 40.5 Å². The second kappa shape index (κ2) is 8.67. The normalized spacial score (nSPS) is 17.0. The second-order valence-electron chi connectivity index (χ2n) is 6.30. The van der Waals surface area contributed by atoms with Gasteiger partial charge in [0, 0.05) is 36.7 Å². The molecule has 1 aromatic rings. The van der Waals surface area contributed by atoms with E-state index in [0.717, 1.165) is 22.8 Å². The minimum Gasteiger partial charge on any atom is -0.379 e. The van der Waals surface area contributed by atoms with Gasteiger partial charge in [-0.2, -0.15) is 0 Å². The fourth-order valence-corrected chi connectivity index (χ4v) is 3.83. The van der Waals surface area contributed by atoms with Crippen molar-refractivity contribution in [3.63, 3.8) is 0 Å². The topological polar surface area (TPSA) is 73.2 Å². The standard InChI is InChI=1S/C17H27N3O3S/c1-5-14-12(4)19-17-20(16(14)22)9-13(10-24-17)15(21)18-7-6-8-23-11(2)3/h11,13H,5-10H2,1-4H3,(H,18,21). The van der Waals surface area contributed by atoms with Crippen LogP contribution in [0.3, 0.4) is 0 Å². The zero-order valence-corrected chi connectivity index (χ0v) is 15.7.